The standard InChI is InChI=1S/C23H21ClF3N5O2/c24-16-9-28-18-3-4-20(29-22(18)21(16)30-23(34)31-6-5-14(33)11-31)32-10-13(26)8-19(32)15-7-12(25)1-2-17(15)27/h1-4,7,9,13-14,19,33H,5-6,8,10-11H2,(H,28,30,34)/t13-,14-,19+/m0/s1. The molecule has 5 rings (SSSR count). The van der Waals surface area contributed by atoms with Crippen molar-refractivity contribution in [2.24, 2.45) is 0 Å². The van der Waals surface area contributed by atoms with E-state index < -0.39 is 36.0 Å². The summed E-state index contributed by atoms with van der Waals surface area (Å²) in [7, 11) is 0. The molecular weight excluding hydrogens is 471 g/mol. The fourth-order valence-corrected chi connectivity index (χ4v) is 4.71. The van der Waals surface area contributed by atoms with Crippen LogP contribution in [0.2, 0.25) is 5.02 Å². The number of nitrogens with one attached hydrogen (secondary N) is 1. The number of rotatable bonds is 3. The Hall–Kier alpha value is -3.11. The van der Waals surface area contributed by atoms with Crippen molar-refractivity contribution in [3.8, 4) is 0 Å². The number of aliphatic hydroxyl groups excluding tert-OH is 1. The van der Waals surface area contributed by atoms with Crippen LogP contribution in [-0.2, 0) is 0 Å². The molecule has 0 radical (unpaired) electrons. The van der Waals surface area contributed by atoms with Gasteiger partial charge in [0, 0.05) is 31.3 Å². The van der Waals surface area contributed by atoms with Crippen LogP contribution >= 0.6 is 11.6 Å². The van der Waals surface area contributed by atoms with Crippen molar-refractivity contribution in [1.29, 1.82) is 0 Å². The van der Waals surface area contributed by atoms with Gasteiger partial charge >= 0.3 is 6.03 Å². The summed E-state index contributed by atoms with van der Waals surface area (Å²) in [4.78, 5) is 24.6. The molecule has 7 nitrogen and oxygen atoms in total. The Kier molecular flexibility index (Phi) is 5.95. The number of carbonyl (C=O) groups excluding carboxylic acids is 1. The highest BCUT2D eigenvalue weighted by Gasteiger charge is 2.36. The van der Waals surface area contributed by atoms with E-state index in [-0.39, 0.29) is 41.3 Å². The Morgan fingerprint density at radius 3 is 2.79 bits per heavy atom. The van der Waals surface area contributed by atoms with Crippen LogP contribution in [0.15, 0.2) is 36.5 Å². The lowest BCUT2D eigenvalue weighted by Crippen LogP contribution is -2.33. The van der Waals surface area contributed by atoms with Gasteiger partial charge < -0.3 is 20.2 Å². The van der Waals surface area contributed by atoms with Crippen LogP contribution in [0.3, 0.4) is 0 Å². The lowest BCUT2D eigenvalue weighted by molar-refractivity contribution is 0.176. The molecule has 0 aliphatic carbocycles. The molecular formula is C23H21ClF3N5O2. The van der Waals surface area contributed by atoms with Gasteiger partial charge in [0.05, 0.1) is 34.9 Å². The Bertz CT molecular complexity index is 1260. The molecule has 0 saturated carbocycles. The number of aromatic nitrogens is 2. The van der Waals surface area contributed by atoms with Crippen LogP contribution in [0.4, 0.5) is 29.5 Å². The van der Waals surface area contributed by atoms with Crippen LogP contribution in [0, 0.1) is 11.6 Å². The zero-order valence-corrected chi connectivity index (χ0v) is 18.6. The van der Waals surface area contributed by atoms with E-state index in [1.165, 1.54) is 11.1 Å². The number of anilines is 2. The van der Waals surface area contributed by atoms with Crippen molar-refractivity contribution in [3.63, 3.8) is 0 Å². The zero-order chi connectivity index (χ0) is 24.0. The molecule has 3 atom stereocenters. The number of hydrogen-bond donors (Lipinski definition) is 2. The lowest BCUT2D eigenvalue weighted by Gasteiger charge is -2.26. The van der Waals surface area contributed by atoms with Crippen LogP contribution < -0.4 is 10.2 Å². The number of aliphatic hydroxyl groups is 1. The van der Waals surface area contributed by atoms with Crippen molar-refractivity contribution < 1.29 is 23.1 Å². The average Bonchev–Trinajstić information content (AvgIpc) is 3.42. The number of nitrogens with zero attached hydrogens (tertiary/aromatic N) is 4. The van der Waals surface area contributed by atoms with Crippen LogP contribution in [0.5, 0.6) is 0 Å². The average molecular weight is 492 g/mol. The van der Waals surface area contributed by atoms with E-state index in [1.54, 1.807) is 17.0 Å². The SMILES string of the molecule is O=C(Nc1c(Cl)cnc2ccc(N3C[C@@H](F)C[C@@H]3c3cc(F)ccc3F)nc12)N1CC[C@H](O)C1. The van der Waals surface area contributed by atoms with E-state index in [0.717, 1.165) is 18.2 Å². The molecule has 0 unspecified atom stereocenters. The Labute approximate surface area is 198 Å². The number of fused-ring (bicyclic) bond motifs is 1. The second-order valence-electron chi connectivity index (χ2n) is 8.50. The molecule has 2 aromatic heterocycles. The summed E-state index contributed by atoms with van der Waals surface area (Å²) >= 11 is 6.33. The maximum Gasteiger partial charge on any atom is 0.322 e. The zero-order valence-electron chi connectivity index (χ0n) is 17.9. The van der Waals surface area contributed by atoms with Crippen LogP contribution in [-0.4, -0.2) is 57.9 Å². The predicted molar refractivity (Wildman–Crippen MR) is 122 cm³/mol. The van der Waals surface area contributed by atoms with E-state index in [9.17, 15) is 23.1 Å². The van der Waals surface area contributed by atoms with Crippen LogP contribution in [0.1, 0.15) is 24.4 Å². The minimum Gasteiger partial charge on any atom is -0.391 e. The third-order valence-corrected chi connectivity index (χ3v) is 6.48. The number of alkyl halides is 1. The maximum atomic E-state index is 14.5. The second-order valence-corrected chi connectivity index (χ2v) is 8.91. The fourth-order valence-electron chi connectivity index (χ4n) is 4.53. The Morgan fingerprint density at radius 2 is 2.03 bits per heavy atom. The van der Waals surface area contributed by atoms with Gasteiger partial charge in [0.25, 0.3) is 0 Å². The number of benzene rings is 1. The molecule has 3 aromatic rings. The maximum absolute atomic E-state index is 14.5. The molecule has 2 aliphatic heterocycles. The van der Waals surface area contributed by atoms with Gasteiger partial charge in [-0.3, -0.25) is 4.98 Å². The summed E-state index contributed by atoms with van der Waals surface area (Å²) in [6.45, 7) is 0.553. The van der Waals surface area contributed by atoms with E-state index in [0.29, 0.717) is 24.3 Å². The van der Waals surface area contributed by atoms with Gasteiger partial charge in [-0.15, -0.1) is 0 Å². The summed E-state index contributed by atoms with van der Waals surface area (Å²) in [5.41, 5.74) is 0.991. The molecule has 2 saturated heterocycles. The Balaban J connectivity index is 1.52. The molecule has 2 N–H and O–H groups in total. The van der Waals surface area contributed by atoms with Gasteiger partial charge in [-0.2, -0.15) is 0 Å². The number of urea groups is 1. The lowest BCUT2D eigenvalue weighted by atomic mass is 10.0. The number of carbonyl (C=O) groups is 1. The third kappa shape index (κ3) is 4.23. The topological polar surface area (TPSA) is 81.6 Å². The van der Waals surface area contributed by atoms with Gasteiger partial charge in [-0.25, -0.2) is 22.9 Å². The van der Waals surface area contributed by atoms with Crippen molar-refractivity contribution in [2.75, 3.05) is 29.9 Å². The van der Waals surface area contributed by atoms with Gasteiger partial charge in [-0.1, -0.05) is 11.6 Å². The molecule has 178 valence electrons. The number of β-amino-alcohol motifs (C(OH)–C–C–N with tert-alkyl or cyclic N) is 1. The second kappa shape index (κ2) is 8.92. The van der Waals surface area contributed by atoms with E-state index in [1.807, 2.05) is 0 Å². The highest BCUT2D eigenvalue weighted by molar-refractivity contribution is 6.35. The first-order valence-electron chi connectivity index (χ1n) is 10.8. The Morgan fingerprint density at radius 1 is 1.21 bits per heavy atom. The van der Waals surface area contributed by atoms with Crippen LogP contribution in [0.25, 0.3) is 11.0 Å². The number of hydrogen-bond acceptors (Lipinski definition) is 5. The molecule has 11 heteroatoms. The minimum absolute atomic E-state index is 0.0191. The summed E-state index contributed by atoms with van der Waals surface area (Å²) in [5.74, 6) is -0.924. The molecule has 34 heavy (non-hydrogen) atoms. The van der Waals surface area contributed by atoms with Gasteiger partial charge in [0.1, 0.15) is 29.1 Å². The molecule has 2 fully saturated rings. The van der Waals surface area contributed by atoms with Gasteiger partial charge in [-0.05, 0) is 36.8 Å². The van der Waals surface area contributed by atoms with Crippen molar-refractivity contribution >= 4 is 40.2 Å². The van der Waals surface area contributed by atoms with Crippen molar-refractivity contribution in [3.05, 3.63) is 58.7 Å². The molecule has 1 aromatic carbocycles. The normalized spacial score (nSPS) is 22.6. The molecule has 2 aliphatic rings. The van der Waals surface area contributed by atoms with Gasteiger partial charge in [0.15, 0.2) is 0 Å². The highest BCUT2D eigenvalue weighted by Crippen LogP contribution is 2.39. The molecule has 0 bridgehead atoms. The predicted octanol–water partition coefficient (Wildman–Crippen LogP) is 4.45. The largest absolute Gasteiger partial charge is 0.391 e. The monoisotopic (exact) mass is 491 g/mol. The quantitative estimate of drug-likeness (QED) is 0.566. The first kappa shape index (κ1) is 22.7. The van der Waals surface area contributed by atoms with E-state index in [4.69, 9.17) is 11.6 Å². The summed E-state index contributed by atoms with van der Waals surface area (Å²) in [6, 6.07) is 5.17. The van der Waals surface area contributed by atoms with Crippen molar-refractivity contribution in [1.82, 2.24) is 14.9 Å². The van der Waals surface area contributed by atoms with E-state index in [2.05, 4.69) is 15.3 Å². The number of halogens is 4. The first-order valence-corrected chi connectivity index (χ1v) is 11.2. The summed E-state index contributed by atoms with van der Waals surface area (Å²) in [6.07, 6.45) is 0.0118. The third-order valence-electron chi connectivity index (χ3n) is 6.20. The van der Waals surface area contributed by atoms with Crippen molar-refractivity contribution in [2.45, 2.75) is 31.2 Å². The van der Waals surface area contributed by atoms with Gasteiger partial charge in [0.2, 0.25) is 0 Å². The molecule has 4 heterocycles. The number of amides is 2. The number of pyridine rings is 2. The molecule has 0 spiro atoms. The van der Waals surface area contributed by atoms with E-state index >= 15 is 0 Å². The fraction of sp³-hybridized carbons (Fsp3) is 0.348. The smallest absolute Gasteiger partial charge is 0.322 e. The number of likely N-dealkylation sites (tertiary alicyclic amines) is 1. The first-order chi connectivity index (χ1) is 16.3. The molecule has 2 amide bonds. The minimum atomic E-state index is -1.26. The summed E-state index contributed by atoms with van der Waals surface area (Å²) in [5, 5.41) is 12.6. The highest BCUT2D eigenvalue weighted by atomic mass is 35.5. The summed E-state index contributed by atoms with van der Waals surface area (Å²) < 4.78 is 42.8.